The molecule has 1 N–H and O–H groups in total. The van der Waals surface area contributed by atoms with Crippen molar-refractivity contribution in [2.45, 2.75) is 24.6 Å². The molecule has 2 saturated heterocycles. The summed E-state index contributed by atoms with van der Waals surface area (Å²) in [5.41, 5.74) is -0.384. The molecule has 2 aliphatic heterocycles. The number of likely N-dealkylation sites (tertiary alicyclic amines) is 1. The maximum Gasteiger partial charge on any atom is 0.506 e. The second-order valence-corrected chi connectivity index (χ2v) is 6.85. The van der Waals surface area contributed by atoms with E-state index in [9.17, 15) is 22.8 Å². The van der Waals surface area contributed by atoms with E-state index < -0.39 is 29.9 Å². The minimum Gasteiger partial charge on any atom is -0.450 e. The average Bonchev–Trinajstić information content (AvgIpc) is 2.67. The molecule has 154 valence electrons. The maximum absolute atomic E-state index is 13.0. The van der Waals surface area contributed by atoms with Gasteiger partial charge in [0.05, 0.1) is 25.3 Å². The minimum atomic E-state index is -4.48. The molecule has 28 heavy (non-hydrogen) atoms. The van der Waals surface area contributed by atoms with E-state index in [4.69, 9.17) is 14.6 Å². The van der Waals surface area contributed by atoms with Gasteiger partial charge in [-0.2, -0.15) is 13.2 Å². The van der Waals surface area contributed by atoms with Crippen molar-refractivity contribution in [1.82, 2.24) is 9.80 Å². The molecule has 2 aliphatic rings. The number of alkyl halides is 3. The number of nitrogens with zero attached hydrogens (tertiary/aromatic N) is 2. The van der Waals surface area contributed by atoms with Crippen LogP contribution in [-0.2, 0) is 15.7 Å². The van der Waals surface area contributed by atoms with E-state index >= 15 is 0 Å². The quantitative estimate of drug-likeness (QED) is 0.770. The van der Waals surface area contributed by atoms with E-state index in [1.54, 1.807) is 11.0 Å². The Labute approximate surface area is 159 Å². The van der Waals surface area contributed by atoms with E-state index in [-0.39, 0.29) is 25.5 Å². The summed E-state index contributed by atoms with van der Waals surface area (Å²) in [6, 6.07) is 4.60. The highest BCUT2D eigenvalue weighted by molar-refractivity contribution is 5.75. The molecule has 2 heterocycles. The Morgan fingerprint density at radius 1 is 1.14 bits per heavy atom. The van der Waals surface area contributed by atoms with Crippen LogP contribution in [0, 0.1) is 0 Å². The lowest BCUT2D eigenvalue weighted by Gasteiger charge is -2.40. The van der Waals surface area contributed by atoms with Gasteiger partial charge in [-0.15, -0.1) is 0 Å². The minimum absolute atomic E-state index is 0.0674. The highest BCUT2D eigenvalue weighted by Gasteiger charge is 2.36. The van der Waals surface area contributed by atoms with Crippen LogP contribution in [-0.4, -0.2) is 72.6 Å². The number of benzene rings is 1. The number of carbonyl (C=O) groups is 2. The van der Waals surface area contributed by atoms with Gasteiger partial charge in [0.2, 0.25) is 0 Å². The van der Waals surface area contributed by atoms with Crippen LogP contribution in [0.15, 0.2) is 24.3 Å². The number of carboxylic acid groups (broad SMARTS) is 1. The lowest BCUT2D eigenvalue weighted by Crippen LogP contribution is -2.54. The summed E-state index contributed by atoms with van der Waals surface area (Å²) in [6.45, 7) is 1.90. The first kappa shape index (κ1) is 20.2. The van der Waals surface area contributed by atoms with Gasteiger partial charge in [0, 0.05) is 25.6 Å². The summed E-state index contributed by atoms with van der Waals surface area (Å²) in [7, 11) is 0. The van der Waals surface area contributed by atoms with Crippen LogP contribution >= 0.6 is 0 Å². The number of rotatable bonds is 2. The number of morpholine rings is 1. The summed E-state index contributed by atoms with van der Waals surface area (Å²) in [5.74, 6) is -0.467. The van der Waals surface area contributed by atoms with Crippen molar-refractivity contribution in [3.8, 4) is 0 Å². The maximum atomic E-state index is 13.0. The van der Waals surface area contributed by atoms with Crippen molar-refractivity contribution in [2.24, 2.45) is 0 Å². The number of ether oxygens (including phenoxy) is 2. The Hall–Kier alpha value is -2.49. The largest absolute Gasteiger partial charge is 0.506 e. The number of amides is 2. The van der Waals surface area contributed by atoms with Gasteiger partial charge in [0.15, 0.2) is 0 Å². The molecule has 0 spiro atoms. The van der Waals surface area contributed by atoms with Gasteiger partial charge in [0.25, 0.3) is 0 Å². The molecule has 0 aliphatic carbocycles. The van der Waals surface area contributed by atoms with Gasteiger partial charge in [-0.3, -0.25) is 0 Å². The summed E-state index contributed by atoms with van der Waals surface area (Å²) in [6.07, 6.45) is -6.56. The van der Waals surface area contributed by atoms with Gasteiger partial charge in [-0.1, -0.05) is 18.2 Å². The Morgan fingerprint density at radius 2 is 1.86 bits per heavy atom. The zero-order chi connectivity index (χ0) is 20.3. The van der Waals surface area contributed by atoms with Crippen molar-refractivity contribution >= 4 is 12.2 Å². The molecule has 2 unspecified atom stereocenters. The molecule has 1 aromatic rings. The second kappa shape index (κ2) is 8.26. The van der Waals surface area contributed by atoms with Crippen LogP contribution in [0.1, 0.15) is 23.5 Å². The third kappa shape index (κ3) is 4.86. The Bertz CT molecular complexity index is 721. The van der Waals surface area contributed by atoms with Crippen molar-refractivity contribution in [3.05, 3.63) is 35.4 Å². The third-order valence-electron chi connectivity index (χ3n) is 4.92. The normalized spacial score (nSPS) is 23.4. The molecular formula is C18H21F3N2O5. The van der Waals surface area contributed by atoms with E-state index in [1.807, 2.05) is 0 Å². The predicted molar refractivity (Wildman–Crippen MR) is 91.1 cm³/mol. The summed E-state index contributed by atoms with van der Waals surface area (Å²) >= 11 is 0. The van der Waals surface area contributed by atoms with Crippen LogP contribution in [0.25, 0.3) is 0 Å². The second-order valence-electron chi connectivity index (χ2n) is 6.85. The predicted octanol–water partition coefficient (Wildman–Crippen LogP) is 3.01. The Kier molecular flexibility index (Phi) is 5.97. The molecular weight excluding hydrogens is 381 g/mol. The molecule has 0 aromatic heterocycles. The molecule has 0 bridgehead atoms. The van der Waals surface area contributed by atoms with E-state index in [1.165, 1.54) is 11.0 Å². The highest BCUT2D eigenvalue weighted by Crippen LogP contribution is 2.34. The van der Waals surface area contributed by atoms with Gasteiger partial charge in [-0.05, 0) is 18.1 Å². The van der Waals surface area contributed by atoms with E-state index in [2.05, 4.69) is 0 Å². The highest BCUT2D eigenvalue weighted by atomic mass is 19.4. The first-order chi connectivity index (χ1) is 13.2. The van der Waals surface area contributed by atoms with Crippen molar-refractivity contribution < 1.29 is 37.3 Å². The molecule has 2 fully saturated rings. The molecule has 0 saturated carbocycles. The topological polar surface area (TPSA) is 79.3 Å². The molecule has 3 rings (SSSR count). The molecule has 2 amide bonds. The monoisotopic (exact) mass is 402 g/mol. The zero-order valence-electron chi connectivity index (χ0n) is 15.0. The lowest BCUT2D eigenvalue weighted by atomic mass is 9.88. The standard InChI is InChI=1S/C18H21F3N2O5/c19-18(20,21)14-3-1-2-12(8-14)13-9-15(28-17(25)26)11-23(10-13)16(24)22-4-6-27-7-5-22/h1-3,8,13,15H,4-7,9-11H2,(H,25,26). The smallest absolute Gasteiger partial charge is 0.450 e. The number of urea groups is 1. The molecule has 1 aromatic carbocycles. The fourth-order valence-electron chi connectivity index (χ4n) is 3.60. The van der Waals surface area contributed by atoms with Crippen LogP contribution in [0.5, 0.6) is 0 Å². The van der Waals surface area contributed by atoms with E-state index in [0.29, 0.717) is 31.9 Å². The number of hydrogen-bond donors (Lipinski definition) is 1. The number of carbonyl (C=O) groups excluding carboxylic acids is 1. The Morgan fingerprint density at radius 3 is 2.50 bits per heavy atom. The van der Waals surface area contributed by atoms with Gasteiger partial charge in [-0.25, -0.2) is 9.59 Å². The van der Waals surface area contributed by atoms with Gasteiger partial charge < -0.3 is 24.4 Å². The molecule has 2 atom stereocenters. The summed E-state index contributed by atoms with van der Waals surface area (Å²) < 4.78 is 49.2. The number of hydrogen-bond acceptors (Lipinski definition) is 4. The zero-order valence-corrected chi connectivity index (χ0v) is 15.0. The van der Waals surface area contributed by atoms with Crippen LogP contribution < -0.4 is 0 Å². The van der Waals surface area contributed by atoms with E-state index in [0.717, 1.165) is 12.1 Å². The SMILES string of the molecule is O=C(O)OC1CC(c2cccc(C(F)(F)F)c2)CN(C(=O)N2CCOCC2)C1. The molecule has 10 heteroatoms. The van der Waals surface area contributed by atoms with Crippen LogP contribution in [0.2, 0.25) is 0 Å². The van der Waals surface area contributed by atoms with Crippen LogP contribution in [0.4, 0.5) is 22.8 Å². The van der Waals surface area contributed by atoms with Gasteiger partial charge in [0.1, 0.15) is 6.10 Å². The van der Waals surface area contributed by atoms with Crippen LogP contribution in [0.3, 0.4) is 0 Å². The van der Waals surface area contributed by atoms with Crippen molar-refractivity contribution in [2.75, 3.05) is 39.4 Å². The fraction of sp³-hybridized carbons (Fsp3) is 0.556. The number of halogens is 3. The lowest BCUT2D eigenvalue weighted by molar-refractivity contribution is -0.137. The first-order valence-electron chi connectivity index (χ1n) is 8.92. The third-order valence-corrected chi connectivity index (χ3v) is 4.92. The molecule has 0 radical (unpaired) electrons. The number of piperidine rings is 1. The summed E-state index contributed by atoms with van der Waals surface area (Å²) in [4.78, 5) is 26.8. The average molecular weight is 402 g/mol. The molecule has 7 nitrogen and oxygen atoms in total. The fourth-order valence-corrected chi connectivity index (χ4v) is 3.60. The first-order valence-corrected chi connectivity index (χ1v) is 8.92. The van der Waals surface area contributed by atoms with Gasteiger partial charge >= 0.3 is 18.4 Å². The summed E-state index contributed by atoms with van der Waals surface area (Å²) in [5, 5.41) is 8.95. The van der Waals surface area contributed by atoms with Crippen molar-refractivity contribution in [1.29, 1.82) is 0 Å². The Balaban J connectivity index is 1.81. The van der Waals surface area contributed by atoms with Crippen molar-refractivity contribution in [3.63, 3.8) is 0 Å².